The van der Waals surface area contributed by atoms with Crippen LogP contribution in [0.1, 0.15) is 23.7 Å². The molecule has 0 spiro atoms. The van der Waals surface area contributed by atoms with Crippen molar-refractivity contribution < 1.29 is 9.53 Å². The van der Waals surface area contributed by atoms with Gasteiger partial charge in [-0.1, -0.05) is 72.8 Å². The summed E-state index contributed by atoms with van der Waals surface area (Å²) in [4.78, 5) is 0. The van der Waals surface area contributed by atoms with Crippen molar-refractivity contribution in [1.29, 1.82) is 0 Å². The fourth-order valence-electron chi connectivity index (χ4n) is 2.66. The number of benzene rings is 2. The molecule has 0 radical (unpaired) electrons. The highest BCUT2D eigenvalue weighted by Gasteiger charge is 2.22. The number of aryl methyl sites for hydroxylation is 1. The Morgan fingerprint density at radius 2 is 1.56 bits per heavy atom. The van der Waals surface area contributed by atoms with Crippen molar-refractivity contribution in [3.63, 3.8) is 0 Å². The maximum atomic E-state index is 10.8. The Morgan fingerprint density at radius 3 is 2.16 bits per heavy atom. The van der Waals surface area contributed by atoms with Crippen molar-refractivity contribution in [1.82, 2.24) is 0 Å². The molecule has 0 bridgehead atoms. The Bertz CT molecular complexity index is 632. The second-order valence-electron chi connectivity index (χ2n) is 7.40. The van der Waals surface area contributed by atoms with E-state index in [-0.39, 0.29) is 5.92 Å². The lowest BCUT2D eigenvalue weighted by Crippen LogP contribution is -2.30. The zero-order chi connectivity index (χ0) is 18.1. The Labute approximate surface area is 153 Å². The average molecular weight is 355 g/mol. The van der Waals surface area contributed by atoms with E-state index in [2.05, 4.69) is 56.1 Å². The maximum Gasteiger partial charge on any atom is 0.183 e. The molecule has 0 aliphatic carbocycles. The molecule has 0 heterocycles. The summed E-state index contributed by atoms with van der Waals surface area (Å²) in [6.45, 7) is 7.10. The fraction of sp³-hybridized carbons (Fsp3) is 0.364. The molecule has 25 heavy (non-hydrogen) atoms. The summed E-state index contributed by atoms with van der Waals surface area (Å²) < 4.78 is 6.08. The van der Waals surface area contributed by atoms with Crippen LogP contribution in [0.4, 0.5) is 0 Å². The molecule has 0 aliphatic heterocycles. The van der Waals surface area contributed by atoms with Gasteiger partial charge in [0, 0.05) is 12.5 Å². The van der Waals surface area contributed by atoms with Crippen LogP contribution < -0.4 is 0 Å². The van der Waals surface area contributed by atoms with E-state index in [1.807, 2.05) is 36.4 Å². The summed E-state index contributed by atoms with van der Waals surface area (Å²) in [6.07, 6.45) is 5.75. The van der Waals surface area contributed by atoms with E-state index in [0.29, 0.717) is 6.61 Å². The maximum absolute atomic E-state index is 10.8. The molecule has 2 atom stereocenters. The summed E-state index contributed by atoms with van der Waals surface area (Å²) in [7, 11) is -1.61. The lowest BCUT2D eigenvalue weighted by Gasteiger charge is -2.25. The van der Waals surface area contributed by atoms with Crippen LogP contribution in [-0.4, -0.2) is 20.0 Å². The molecule has 2 aromatic rings. The van der Waals surface area contributed by atoms with Gasteiger partial charge in [-0.2, -0.15) is 0 Å². The highest BCUT2D eigenvalue weighted by molar-refractivity contribution is 6.69. The first kappa shape index (κ1) is 19.6. The van der Waals surface area contributed by atoms with Crippen LogP contribution in [0.5, 0.6) is 0 Å². The number of allylic oxidation sites excluding steroid dienone is 1. The predicted molar refractivity (Wildman–Crippen MR) is 108 cm³/mol. The normalized spacial score (nSPS) is 14.6. The van der Waals surface area contributed by atoms with Crippen LogP contribution >= 0.6 is 0 Å². The summed E-state index contributed by atoms with van der Waals surface area (Å²) in [5, 5.41) is 10.8. The first-order valence-electron chi connectivity index (χ1n) is 9.03. The van der Waals surface area contributed by atoms with E-state index in [9.17, 15) is 5.11 Å². The Balaban J connectivity index is 1.99. The second kappa shape index (κ2) is 9.71. The van der Waals surface area contributed by atoms with Gasteiger partial charge in [0.1, 0.15) is 0 Å². The van der Waals surface area contributed by atoms with Crippen LogP contribution in [0.15, 0.2) is 72.8 Å². The van der Waals surface area contributed by atoms with Crippen LogP contribution in [0.25, 0.3) is 0 Å². The molecular weight excluding hydrogens is 324 g/mol. The molecule has 0 aromatic heterocycles. The SMILES string of the molecule is C[Si](C)(C)OC[C@H](/C=C\CCc1ccccc1)[C@@H](O)c1ccccc1. The van der Waals surface area contributed by atoms with Gasteiger partial charge in [0.05, 0.1) is 6.10 Å². The molecule has 2 nitrogen and oxygen atoms in total. The summed E-state index contributed by atoms with van der Waals surface area (Å²) in [5.41, 5.74) is 2.28. The van der Waals surface area contributed by atoms with Gasteiger partial charge in [0.2, 0.25) is 0 Å². The molecule has 2 aromatic carbocycles. The third-order valence-corrected chi connectivity index (χ3v) is 5.11. The van der Waals surface area contributed by atoms with Crippen LogP contribution in [0.3, 0.4) is 0 Å². The second-order valence-corrected chi connectivity index (χ2v) is 11.9. The Hall–Kier alpha value is -1.68. The molecule has 0 unspecified atom stereocenters. The van der Waals surface area contributed by atoms with Gasteiger partial charge in [-0.25, -0.2) is 0 Å². The number of rotatable bonds is 9. The number of aliphatic hydroxyl groups excluding tert-OH is 1. The highest BCUT2D eigenvalue weighted by Crippen LogP contribution is 2.25. The fourth-order valence-corrected chi connectivity index (χ4v) is 3.35. The first-order chi connectivity index (χ1) is 12.0. The van der Waals surface area contributed by atoms with Gasteiger partial charge < -0.3 is 9.53 Å². The van der Waals surface area contributed by atoms with Gasteiger partial charge in [0.25, 0.3) is 0 Å². The minimum absolute atomic E-state index is 0.0232. The molecule has 0 aliphatic rings. The van der Waals surface area contributed by atoms with Gasteiger partial charge in [0.15, 0.2) is 8.32 Å². The molecule has 0 saturated heterocycles. The summed E-state index contributed by atoms with van der Waals surface area (Å²) >= 11 is 0. The smallest absolute Gasteiger partial charge is 0.183 e. The third kappa shape index (κ3) is 7.39. The van der Waals surface area contributed by atoms with Crippen molar-refractivity contribution in [2.24, 2.45) is 5.92 Å². The number of aliphatic hydroxyl groups is 1. The molecular formula is C22H30O2Si. The van der Waals surface area contributed by atoms with Crippen molar-refractivity contribution in [3.05, 3.63) is 83.9 Å². The van der Waals surface area contributed by atoms with Gasteiger partial charge in [-0.3, -0.25) is 0 Å². The van der Waals surface area contributed by atoms with E-state index in [0.717, 1.165) is 18.4 Å². The molecule has 0 saturated carbocycles. The molecule has 3 heteroatoms. The van der Waals surface area contributed by atoms with Crippen molar-refractivity contribution >= 4 is 8.32 Å². The zero-order valence-electron chi connectivity index (χ0n) is 15.6. The highest BCUT2D eigenvalue weighted by atomic mass is 28.4. The molecule has 1 N–H and O–H groups in total. The standard InChI is InChI=1S/C22H30O2Si/c1-25(2,3)24-18-21(22(23)20-15-8-5-9-16-20)17-11-10-14-19-12-6-4-7-13-19/h4-9,11-13,15-17,21-23H,10,14,18H2,1-3H3/b17-11-/t21-,22-/m0/s1. The third-order valence-electron chi connectivity index (χ3n) is 4.08. The largest absolute Gasteiger partial charge is 0.417 e. The quantitative estimate of drug-likeness (QED) is 0.484. The molecule has 0 fully saturated rings. The lowest BCUT2D eigenvalue weighted by molar-refractivity contribution is 0.0971. The molecule has 2 rings (SSSR count). The first-order valence-corrected chi connectivity index (χ1v) is 12.4. The predicted octanol–water partition coefficient (Wildman–Crippen LogP) is 5.38. The van der Waals surface area contributed by atoms with E-state index in [1.165, 1.54) is 5.56 Å². The van der Waals surface area contributed by atoms with Crippen LogP contribution in [0.2, 0.25) is 19.6 Å². The van der Waals surface area contributed by atoms with Crippen LogP contribution in [-0.2, 0) is 10.8 Å². The van der Waals surface area contributed by atoms with E-state index < -0.39 is 14.4 Å². The van der Waals surface area contributed by atoms with Crippen LogP contribution in [0, 0.1) is 5.92 Å². The topological polar surface area (TPSA) is 29.5 Å². The van der Waals surface area contributed by atoms with E-state index in [1.54, 1.807) is 0 Å². The Morgan fingerprint density at radius 1 is 0.960 bits per heavy atom. The van der Waals surface area contributed by atoms with Crippen molar-refractivity contribution in [2.45, 2.75) is 38.6 Å². The zero-order valence-corrected chi connectivity index (χ0v) is 16.6. The van der Waals surface area contributed by atoms with Gasteiger partial charge >= 0.3 is 0 Å². The summed E-state index contributed by atoms with van der Waals surface area (Å²) in [6, 6.07) is 20.3. The minimum atomic E-state index is -1.61. The minimum Gasteiger partial charge on any atom is -0.417 e. The van der Waals surface area contributed by atoms with Gasteiger partial charge in [-0.05, 0) is 43.6 Å². The molecule has 134 valence electrons. The van der Waals surface area contributed by atoms with E-state index >= 15 is 0 Å². The van der Waals surface area contributed by atoms with Crippen molar-refractivity contribution in [2.75, 3.05) is 6.61 Å². The average Bonchev–Trinajstić information content (AvgIpc) is 2.61. The van der Waals surface area contributed by atoms with Gasteiger partial charge in [-0.15, -0.1) is 0 Å². The number of hydrogen-bond donors (Lipinski definition) is 1. The van der Waals surface area contributed by atoms with E-state index in [4.69, 9.17) is 4.43 Å². The number of hydrogen-bond acceptors (Lipinski definition) is 2. The van der Waals surface area contributed by atoms with Crippen molar-refractivity contribution in [3.8, 4) is 0 Å². The molecule has 0 amide bonds. The monoisotopic (exact) mass is 354 g/mol. The Kier molecular flexibility index (Phi) is 7.63. The lowest BCUT2D eigenvalue weighted by atomic mass is 9.95. The summed E-state index contributed by atoms with van der Waals surface area (Å²) in [5.74, 6) is -0.0232.